The van der Waals surface area contributed by atoms with Gasteiger partial charge < -0.3 is 15.0 Å². The number of aromatic nitrogens is 2. The van der Waals surface area contributed by atoms with Crippen LogP contribution in [0.5, 0.6) is 0 Å². The number of nitrogens with zero attached hydrogens (tertiary/aromatic N) is 2. The number of carboxylic acid groups (broad SMARTS) is 1. The van der Waals surface area contributed by atoms with Crippen LogP contribution < -0.4 is 5.32 Å². The second-order valence-corrected chi connectivity index (χ2v) is 4.44. The Bertz CT molecular complexity index is 360. The van der Waals surface area contributed by atoms with E-state index in [0.717, 1.165) is 12.2 Å². The van der Waals surface area contributed by atoms with E-state index in [4.69, 9.17) is 5.11 Å². The van der Waals surface area contributed by atoms with Crippen molar-refractivity contribution in [3.05, 3.63) is 18.2 Å². The molecule has 0 aliphatic carbocycles. The van der Waals surface area contributed by atoms with Gasteiger partial charge in [-0.3, -0.25) is 4.79 Å². The molecule has 5 heteroatoms. The molecule has 1 aromatic heterocycles. The number of hydrogen-bond acceptors (Lipinski definition) is 3. The summed E-state index contributed by atoms with van der Waals surface area (Å²) in [6.45, 7) is 7.25. The summed E-state index contributed by atoms with van der Waals surface area (Å²) in [5.41, 5.74) is 0. The zero-order chi connectivity index (χ0) is 12.8. The normalized spacial score (nSPS) is 12.9. The molecule has 0 saturated heterocycles. The quantitative estimate of drug-likeness (QED) is 0.756. The highest BCUT2D eigenvalue weighted by atomic mass is 16.4. The third-order valence-electron chi connectivity index (χ3n) is 2.58. The Hall–Kier alpha value is -1.36. The van der Waals surface area contributed by atoms with Gasteiger partial charge in [0.05, 0.1) is 0 Å². The minimum absolute atomic E-state index is 0.297. The van der Waals surface area contributed by atoms with E-state index in [-0.39, 0.29) is 0 Å². The van der Waals surface area contributed by atoms with Crippen molar-refractivity contribution >= 4 is 5.97 Å². The zero-order valence-electron chi connectivity index (χ0n) is 10.7. The predicted octanol–water partition coefficient (Wildman–Crippen LogP) is 1.46. The first kappa shape index (κ1) is 13.7. The summed E-state index contributed by atoms with van der Waals surface area (Å²) in [5, 5.41) is 12.2. The molecule has 0 aromatic carbocycles. The summed E-state index contributed by atoms with van der Waals surface area (Å²) < 4.78 is 1.91. The average molecular weight is 239 g/mol. The van der Waals surface area contributed by atoms with Crippen molar-refractivity contribution in [2.75, 3.05) is 6.54 Å². The lowest BCUT2D eigenvalue weighted by molar-refractivity contribution is -0.139. The fourth-order valence-corrected chi connectivity index (χ4v) is 1.72. The van der Waals surface area contributed by atoms with E-state index in [0.29, 0.717) is 19.0 Å². The highest BCUT2D eigenvalue weighted by Crippen LogP contribution is 2.12. The van der Waals surface area contributed by atoms with Crippen LogP contribution in [0.25, 0.3) is 0 Å². The first-order valence-corrected chi connectivity index (χ1v) is 6.03. The molecule has 1 atom stereocenters. The summed E-state index contributed by atoms with van der Waals surface area (Å²) in [6, 6.07) is -0.554. The van der Waals surface area contributed by atoms with Gasteiger partial charge in [-0.15, -0.1) is 0 Å². The molecule has 5 nitrogen and oxygen atoms in total. The second kappa shape index (κ2) is 6.39. The fraction of sp³-hybridized carbons (Fsp3) is 0.667. The molecular formula is C12H21N3O2. The van der Waals surface area contributed by atoms with E-state index in [1.807, 2.05) is 31.5 Å². The molecule has 2 N–H and O–H groups in total. The molecule has 0 spiro atoms. The molecule has 1 unspecified atom stereocenters. The van der Waals surface area contributed by atoms with Crippen LogP contribution in [-0.2, 0) is 11.3 Å². The van der Waals surface area contributed by atoms with Crippen LogP contribution in [0.4, 0.5) is 0 Å². The van der Waals surface area contributed by atoms with Gasteiger partial charge in [0.1, 0.15) is 11.9 Å². The molecule has 0 aliphatic rings. The van der Waals surface area contributed by atoms with Gasteiger partial charge in [-0.1, -0.05) is 20.8 Å². The predicted molar refractivity (Wildman–Crippen MR) is 66.0 cm³/mol. The number of carboxylic acids is 1. The van der Waals surface area contributed by atoms with Crippen LogP contribution in [-0.4, -0.2) is 33.2 Å². The monoisotopic (exact) mass is 239 g/mol. The van der Waals surface area contributed by atoms with E-state index in [9.17, 15) is 4.79 Å². The molecule has 17 heavy (non-hydrogen) atoms. The van der Waals surface area contributed by atoms with E-state index < -0.39 is 12.0 Å². The Morgan fingerprint density at radius 3 is 2.82 bits per heavy atom. The largest absolute Gasteiger partial charge is 0.480 e. The SMILES string of the molecule is CCCNC(Cn1ccnc1C(C)C)C(=O)O. The summed E-state index contributed by atoms with van der Waals surface area (Å²) in [4.78, 5) is 15.4. The van der Waals surface area contributed by atoms with Gasteiger partial charge in [0.2, 0.25) is 0 Å². The highest BCUT2D eigenvalue weighted by Gasteiger charge is 2.18. The van der Waals surface area contributed by atoms with E-state index in [1.165, 1.54) is 0 Å². The molecule has 96 valence electrons. The van der Waals surface area contributed by atoms with E-state index in [2.05, 4.69) is 10.3 Å². The van der Waals surface area contributed by atoms with Gasteiger partial charge in [-0.05, 0) is 13.0 Å². The Morgan fingerprint density at radius 1 is 1.59 bits per heavy atom. The number of rotatable bonds is 7. The first-order chi connectivity index (χ1) is 8.06. The van der Waals surface area contributed by atoms with Crippen molar-refractivity contribution in [3.8, 4) is 0 Å². The number of carbonyl (C=O) groups is 1. The van der Waals surface area contributed by atoms with Crippen molar-refractivity contribution in [3.63, 3.8) is 0 Å². The maximum Gasteiger partial charge on any atom is 0.322 e. The van der Waals surface area contributed by atoms with E-state index >= 15 is 0 Å². The third kappa shape index (κ3) is 3.85. The maximum atomic E-state index is 11.1. The Morgan fingerprint density at radius 2 is 2.29 bits per heavy atom. The van der Waals surface area contributed by atoms with Crippen molar-refractivity contribution in [2.24, 2.45) is 0 Å². The zero-order valence-corrected chi connectivity index (χ0v) is 10.7. The number of aliphatic carboxylic acids is 1. The molecule has 0 radical (unpaired) electrons. The molecule has 0 bridgehead atoms. The second-order valence-electron chi connectivity index (χ2n) is 4.44. The van der Waals surface area contributed by atoms with Gasteiger partial charge >= 0.3 is 5.97 Å². The molecule has 1 aromatic rings. The lowest BCUT2D eigenvalue weighted by Gasteiger charge is -2.17. The number of hydrogen-bond donors (Lipinski definition) is 2. The third-order valence-corrected chi connectivity index (χ3v) is 2.58. The highest BCUT2D eigenvalue weighted by molar-refractivity contribution is 5.73. The van der Waals surface area contributed by atoms with Crippen LogP contribution in [0.15, 0.2) is 12.4 Å². The van der Waals surface area contributed by atoms with Crippen LogP contribution in [0.3, 0.4) is 0 Å². The van der Waals surface area contributed by atoms with Crippen molar-refractivity contribution in [2.45, 2.75) is 45.7 Å². The van der Waals surface area contributed by atoms with Crippen LogP contribution >= 0.6 is 0 Å². The molecule has 0 amide bonds. The van der Waals surface area contributed by atoms with Gasteiger partial charge in [0.25, 0.3) is 0 Å². The van der Waals surface area contributed by atoms with Crippen LogP contribution in [0.2, 0.25) is 0 Å². The minimum atomic E-state index is -0.818. The first-order valence-electron chi connectivity index (χ1n) is 6.03. The molecule has 0 aliphatic heterocycles. The standard InChI is InChI=1S/C12H21N3O2/c1-4-5-13-10(12(16)17)8-15-7-6-14-11(15)9(2)3/h6-7,9-10,13H,4-5,8H2,1-3H3,(H,16,17). The lowest BCUT2D eigenvalue weighted by Crippen LogP contribution is -2.40. The molecule has 0 saturated carbocycles. The molecular weight excluding hydrogens is 218 g/mol. The maximum absolute atomic E-state index is 11.1. The van der Waals surface area contributed by atoms with Crippen LogP contribution in [0, 0.1) is 0 Å². The number of nitrogens with one attached hydrogen (secondary N) is 1. The summed E-state index contributed by atoms with van der Waals surface area (Å²) in [6.07, 6.45) is 4.47. The summed E-state index contributed by atoms with van der Waals surface area (Å²) >= 11 is 0. The molecule has 1 heterocycles. The number of imidazole rings is 1. The summed E-state index contributed by atoms with van der Waals surface area (Å²) in [5.74, 6) is 0.405. The van der Waals surface area contributed by atoms with Gasteiger partial charge in [-0.2, -0.15) is 0 Å². The van der Waals surface area contributed by atoms with Crippen molar-refractivity contribution in [1.82, 2.24) is 14.9 Å². The smallest absolute Gasteiger partial charge is 0.322 e. The molecule has 1 rings (SSSR count). The van der Waals surface area contributed by atoms with Crippen molar-refractivity contribution in [1.29, 1.82) is 0 Å². The van der Waals surface area contributed by atoms with Crippen molar-refractivity contribution < 1.29 is 9.90 Å². The average Bonchev–Trinajstić information content (AvgIpc) is 2.71. The Balaban J connectivity index is 2.71. The minimum Gasteiger partial charge on any atom is -0.480 e. The summed E-state index contributed by atoms with van der Waals surface area (Å²) in [7, 11) is 0. The van der Waals surface area contributed by atoms with Crippen LogP contribution in [0.1, 0.15) is 38.9 Å². The fourth-order valence-electron chi connectivity index (χ4n) is 1.72. The molecule has 0 fully saturated rings. The Labute approximate surface area is 102 Å². The van der Waals surface area contributed by atoms with Gasteiger partial charge in [-0.25, -0.2) is 4.98 Å². The Kier molecular flexibility index (Phi) is 5.15. The van der Waals surface area contributed by atoms with Gasteiger partial charge in [0, 0.05) is 24.9 Å². The van der Waals surface area contributed by atoms with E-state index in [1.54, 1.807) is 6.20 Å². The lowest BCUT2D eigenvalue weighted by atomic mass is 10.2. The van der Waals surface area contributed by atoms with Gasteiger partial charge in [0.15, 0.2) is 0 Å². The topological polar surface area (TPSA) is 67.2 Å².